The summed E-state index contributed by atoms with van der Waals surface area (Å²) in [6.45, 7) is 0. The van der Waals surface area contributed by atoms with Crippen molar-refractivity contribution in [3.63, 3.8) is 0 Å². The van der Waals surface area contributed by atoms with E-state index in [9.17, 15) is 8.42 Å². The first-order valence-corrected chi connectivity index (χ1v) is 6.92. The van der Waals surface area contributed by atoms with Crippen LogP contribution in [-0.2, 0) is 14.6 Å². The first-order chi connectivity index (χ1) is 6.28. The van der Waals surface area contributed by atoms with E-state index in [2.05, 4.69) is 5.32 Å². The first kappa shape index (κ1) is 11.2. The summed E-state index contributed by atoms with van der Waals surface area (Å²) in [5, 5.41) is 2.85. The zero-order chi connectivity index (χ0) is 10.6. The van der Waals surface area contributed by atoms with Crippen LogP contribution in [0, 0.1) is 0 Å². The summed E-state index contributed by atoms with van der Waals surface area (Å²) in [6.07, 6.45) is -1.11. The molecular formula is C6H8Cl3NO3S. The van der Waals surface area contributed by atoms with Crippen LogP contribution in [0.15, 0.2) is 0 Å². The number of ether oxygens (including phenoxy) is 1. The Labute approximate surface area is 96.8 Å². The molecule has 0 amide bonds. The van der Waals surface area contributed by atoms with Crippen molar-refractivity contribution >= 4 is 44.6 Å². The Balaban J connectivity index is 2.07. The lowest BCUT2D eigenvalue weighted by atomic mass is 10.2. The SMILES string of the molecule is O=S1(=O)C[C@@H]2N[C@H](C(Cl)(Cl)Cl)O[C@H]2C1. The van der Waals surface area contributed by atoms with Gasteiger partial charge in [0.15, 0.2) is 16.1 Å². The Bertz CT molecular complexity index is 319. The number of fused-ring (bicyclic) bond motifs is 1. The van der Waals surface area contributed by atoms with Crippen LogP contribution in [0.5, 0.6) is 0 Å². The molecule has 3 atom stereocenters. The molecule has 2 saturated heterocycles. The van der Waals surface area contributed by atoms with Crippen molar-refractivity contribution < 1.29 is 13.2 Å². The summed E-state index contributed by atoms with van der Waals surface area (Å²) in [5.41, 5.74) is 0. The van der Waals surface area contributed by atoms with Gasteiger partial charge >= 0.3 is 0 Å². The molecule has 2 heterocycles. The minimum atomic E-state index is -2.99. The van der Waals surface area contributed by atoms with Gasteiger partial charge in [-0.1, -0.05) is 34.8 Å². The van der Waals surface area contributed by atoms with Crippen LogP contribution in [-0.4, -0.2) is 42.1 Å². The highest BCUT2D eigenvalue weighted by molar-refractivity contribution is 7.91. The number of rotatable bonds is 0. The summed E-state index contributed by atoms with van der Waals surface area (Å²) in [5.74, 6) is 0.0524. The van der Waals surface area contributed by atoms with Gasteiger partial charge in [-0.25, -0.2) is 8.42 Å². The molecule has 0 radical (unpaired) electrons. The molecule has 0 saturated carbocycles. The van der Waals surface area contributed by atoms with Crippen molar-refractivity contribution in [2.75, 3.05) is 11.5 Å². The van der Waals surface area contributed by atoms with E-state index in [0.717, 1.165) is 0 Å². The highest BCUT2D eigenvalue weighted by atomic mass is 35.6. The molecule has 2 aliphatic rings. The lowest BCUT2D eigenvalue weighted by Crippen LogP contribution is -2.41. The lowest BCUT2D eigenvalue weighted by molar-refractivity contribution is 0.0544. The van der Waals surface area contributed by atoms with Gasteiger partial charge in [0.25, 0.3) is 0 Å². The van der Waals surface area contributed by atoms with Gasteiger partial charge in [-0.05, 0) is 0 Å². The third-order valence-corrected chi connectivity index (χ3v) is 4.57. The third-order valence-electron chi connectivity index (χ3n) is 2.27. The lowest BCUT2D eigenvalue weighted by Gasteiger charge is -2.20. The number of halogens is 3. The van der Waals surface area contributed by atoms with Gasteiger partial charge in [0.05, 0.1) is 23.7 Å². The van der Waals surface area contributed by atoms with Gasteiger partial charge in [0.2, 0.25) is 3.79 Å². The number of hydrogen-bond donors (Lipinski definition) is 1. The van der Waals surface area contributed by atoms with E-state index in [0.29, 0.717) is 0 Å². The van der Waals surface area contributed by atoms with Crippen molar-refractivity contribution in [1.29, 1.82) is 0 Å². The highest BCUT2D eigenvalue weighted by Crippen LogP contribution is 2.36. The van der Waals surface area contributed by atoms with Crippen LogP contribution in [0.3, 0.4) is 0 Å². The molecule has 2 rings (SSSR count). The fourth-order valence-corrected chi connectivity index (χ4v) is 3.83. The number of alkyl halides is 3. The quantitative estimate of drug-likeness (QED) is 0.655. The molecule has 0 aliphatic carbocycles. The summed E-state index contributed by atoms with van der Waals surface area (Å²) in [6, 6.07) is -0.249. The molecule has 0 spiro atoms. The first-order valence-electron chi connectivity index (χ1n) is 3.96. The van der Waals surface area contributed by atoms with Crippen molar-refractivity contribution in [3.05, 3.63) is 0 Å². The molecule has 14 heavy (non-hydrogen) atoms. The molecule has 0 unspecified atom stereocenters. The van der Waals surface area contributed by atoms with Crippen LogP contribution in [0.25, 0.3) is 0 Å². The van der Waals surface area contributed by atoms with E-state index in [1.54, 1.807) is 0 Å². The van der Waals surface area contributed by atoms with Crippen LogP contribution in [0.2, 0.25) is 0 Å². The minimum Gasteiger partial charge on any atom is -0.353 e. The molecule has 0 bridgehead atoms. The highest BCUT2D eigenvalue weighted by Gasteiger charge is 2.50. The largest absolute Gasteiger partial charge is 0.353 e. The van der Waals surface area contributed by atoms with Gasteiger partial charge in [0.1, 0.15) is 0 Å². The number of sulfone groups is 1. The van der Waals surface area contributed by atoms with Gasteiger partial charge in [-0.15, -0.1) is 0 Å². The maximum absolute atomic E-state index is 11.2. The molecule has 4 nitrogen and oxygen atoms in total. The minimum absolute atomic E-state index is 0.00190. The second-order valence-electron chi connectivity index (χ2n) is 3.45. The normalized spacial score (nSPS) is 41.2. The molecule has 82 valence electrons. The summed E-state index contributed by atoms with van der Waals surface area (Å²) >= 11 is 16.8. The summed E-state index contributed by atoms with van der Waals surface area (Å²) < 4.78 is 26.1. The predicted molar refractivity (Wildman–Crippen MR) is 54.5 cm³/mol. The van der Waals surface area contributed by atoms with Gasteiger partial charge in [-0.2, -0.15) is 0 Å². The summed E-state index contributed by atoms with van der Waals surface area (Å²) in [4.78, 5) is 0. The molecule has 2 aliphatic heterocycles. The Morgan fingerprint density at radius 3 is 2.43 bits per heavy atom. The smallest absolute Gasteiger partial charge is 0.229 e. The van der Waals surface area contributed by atoms with E-state index in [1.807, 2.05) is 0 Å². The van der Waals surface area contributed by atoms with Crippen molar-refractivity contribution in [2.24, 2.45) is 0 Å². The zero-order valence-corrected chi connectivity index (χ0v) is 10.00. The topological polar surface area (TPSA) is 55.4 Å². The molecule has 0 aromatic carbocycles. The third kappa shape index (κ3) is 2.13. The van der Waals surface area contributed by atoms with Gasteiger partial charge in [-0.3, -0.25) is 5.32 Å². The van der Waals surface area contributed by atoms with Crippen LogP contribution >= 0.6 is 34.8 Å². The second kappa shape index (κ2) is 3.37. The Hall–Kier alpha value is 0.740. The van der Waals surface area contributed by atoms with Crippen LogP contribution in [0.4, 0.5) is 0 Å². The van der Waals surface area contributed by atoms with Gasteiger partial charge < -0.3 is 4.74 Å². The van der Waals surface area contributed by atoms with Crippen LogP contribution < -0.4 is 5.32 Å². The molecule has 2 fully saturated rings. The van der Waals surface area contributed by atoms with Crippen LogP contribution in [0.1, 0.15) is 0 Å². The van der Waals surface area contributed by atoms with E-state index < -0.39 is 19.9 Å². The fourth-order valence-electron chi connectivity index (χ4n) is 1.69. The maximum Gasteiger partial charge on any atom is 0.229 e. The van der Waals surface area contributed by atoms with E-state index >= 15 is 0 Å². The fraction of sp³-hybridized carbons (Fsp3) is 1.00. The second-order valence-corrected chi connectivity index (χ2v) is 7.97. The Morgan fingerprint density at radius 2 is 1.93 bits per heavy atom. The van der Waals surface area contributed by atoms with Gasteiger partial charge in [0, 0.05) is 0 Å². The molecule has 0 aromatic heterocycles. The molecule has 1 N–H and O–H groups in total. The van der Waals surface area contributed by atoms with Crippen molar-refractivity contribution in [1.82, 2.24) is 5.32 Å². The average Bonchev–Trinajstić information content (AvgIpc) is 2.37. The number of nitrogens with one attached hydrogen (secondary N) is 1. The standard InChI is InChI=1S/C6H8Cl3NO3S/c7-6(8,9)5-10-3-1-14(11,12)2-4(3)13-5/h3-5,10H,1-2H2/t3-,4-,5-/m0/s1. The zero-order valence-electron chi connectivity index (χ0n) is 6.91. The predicted octanol–water partition coefficient (Wildman–Crippen LogP) is 0.468. The number of hydrogen-bond acceptors (Lipinski definition) is 4. The van der Waals surface area contributed by atoms with Crippen molar-refractivity contribution in [2.45, 2.75) is 22.2 Å². The molecule has 8 heteroatoms. The Morgan fingerprint density at radius 1 is 1.29 bits per heavy atom. The maximum atomic E-state index is 11.2. The molecule has 0 aromatic rings. The average molecular weight is 281 g/mol. The monoisotopic (exact) mass is 279 g/mol. The summed E-state index contributed by atoms with van der Waals surface area (Å²) in [7, 11) is -2.99. The van der Waals surface area contributed by atoms with E-state index in [-0.39, 0.29) is 23.7 Å². The Kier molecular flexibility index (Phi) is 2.70. The van der Waals surface area contributed by atoms with E-state index in [1.165, 1.54) is 0 Å². The van der Waals surface area contributed by atoms with Crippen molar-refractivity contribution in [3.8, 4) is 0 Å². The van der Waals surface area contributed by atoms with E-state index in [4.69, 9.17) is 39.5 Å². The molecular weight excluding hydrogens is 272 g/mol.